The lowest BCUT2D eigenvalue weighted by Gasteiger charge is -2.33. The molecule has 1 heterocycles. The molecule has 1 aromatic rings. The fourth-order valence-electron chi connectivity index (χ4n) is 3.59. The normalized spacial score (nSPS) is 24.4. The van der Waals surface area contributed by atoms with E-state index in [1.807, 2.05) is 12.1 Å². The van der Waals surface area contributed by atoms with Gasteiger partial charge in [0.25, 0.3) is 0 Å². The van der Waals surface area contributed by atoms with Gasteiger partial charge in [0.2, 0.25) is 0 Å². The number of hydrogen-bond donors (Lipinski definition) is 1. The minimum absolute atomic E-state index is 0.107. The van der Waals surface area contributed by atoms with Crippen molar-refractivity contribution in [2.75, 3.05) is 6.61 Å². The first-order valence-corrected chi connectivity index (χ1v) is 8.29. The average Bonchev–Trinajstić information content (AvgIpc) is 2.88. The van der Waals surface area contributed by atoms with Gasteiger partial charge in [0.1, 0.15) is 12.4 Å². The van der Waals surface area contributed by atoms with Gasteiger partial charge in [0, 0.05) is 10.6 Å². The van der Waals surface area contributed by atoms with Gasteiger partial charge in [-0.25, -0.2) is 0 Å². The van der Waals surface area contributed by atoms with Crippen molar-refractivity contribution in [3.05, 3.63) is 28.8 Å². The van der Waals surface area contributed by atoms with Crippen LogP contribution in [-0.4, -0.2) is 23.4 Å². The molecule has 2 aliphatic rings. The second-order valence-electron chi connectivity index (χ2n) is 6.21. The van der Waals surface area contributed by atoms with Crippen molar-refractivity contribution >= 4 is 11.6 Å². The molecule has 0 aromatic heterocycles. The van der Waals surface area contributed by atoms with Crippen LogP contribution in [0.2, 0.25) is 5.02 Å². The lowest BCUT2D eigenvalue weighted by atomic mass is 9.83. The Morgan fingerprint density at radius 2 is 2.05 bits per heavy atom. The fraction of sp³-hybridized carbons (Fsp3) is 0.647. The SMILES string of the molecule is OCc1c(Cl)cccc1OCC1CCC2(CCCCC2)O1. The van der Waals surface area contributed by atoms with Crippen LogP contribution in [0.5, 0.6) is 5.75 Å². The molecule has 0 radical (unpaired) electrons. The number of halogens is 1. The molecule has 1 aromatic carbocycles. The van der Waals surface area contributed by atoms with E-state index >= 15 is 0 Å². The summed E-state index contributed by atoms with van der Waals surface area (Å²) in [6, 6.07) is 5.46. The van der Waals surface area contributed by atoms with Gasteiger partial charge in [-0.05, 0) is 37.8 Å². The second kappa shape index (κ2) is 6.55. The lowest BCUT2D eigenvalue weighted by Crippen LogP contribution is -2.32. The molecule has 0 amide bonds. The first kappa shape index (κ1) is 15.1. The molecule has 4 heteroatoms. The Morgan fingerprint density at radius 3 is 2.81 bits per heavy atom. The predicted octanol–water partition coefficient (Wildman–Crippen LogP) is 4.09. The zero-order valence-corrected chi connectivity index (χ0v) is 13.1. The quantitative estimate of drug-likeness (QED) is 0.910. The molecule has 116 valence electrons. The smallest absolute Gasteiger partial charge is 0.126 e. The minimum Gasteiger partial charge on any atom is -0.490 e. The van der Waals surface area contributed by atoms with Crippen molar-refractivity contribution in [3.63, 3.8) is 0 Å². The Kier molecular flexibility index (Phi) is 4.72. The van der Waals surface area contributed by atoms with E-state index in [-0.39, 0.29) is 18.3 Å². The summed E-state index contributed by atoms with van der Waals surface area (Å²) in [6.45, 7) is 0.430. The maximum atomic E-state index is 9.39. The number of aliphatic hydroxyl groups excluding tert-OH is 1. The van der Waals surface area contributed by atoms with Gasteiger partial charge in [-0.15, -0.1) is 0 Å². The van der Waals surface area contributed by atoms with Gasteiger partial charge >= 0.3 is 0 Å². The van der Waals surface area contributed by atoms with E-state index in [0.29, 0.717) is 22.9 Å². The molecule has 1 aliphatic carbocycles. The lowest BCUT2D eigenvalue weighted by molar-refractivity contribution is -0.0749. The third kappa shape index (κ3) is 3.36. The van der Waals surface area contributed by atoms with Crippen LogP contribution in [-0.2, 0) is 11.3 Å². The Labute approximate surface area is 131 Å². The second-order valence-corrected chi connectivity index (χ2v) is 6.62. The number of ether oxygens (including phenoxy) is 2. The van der Waals surface area contributed by atoms with Crippen molar-refractivity contribution in [1.82, 2.24) is 0 Å². The van der Waals surface area contributed by atoms with Crippen molar-refractivity contribution in [1.29, 1.82) is 0 Å². The maximum absolute atomic E-state index is 9.39. The minimum atomic E-state index is -0.107. The Morgan fingerprint density at radius 1 is 1.24 bits per heavy atom. The molecule has 1 aliphatic heterocycles. The van der Waals surface area contributed by atoms with Crippen LogP contribution in [0.3, 0.4) is 0 Å². The highest BCUT2D eigenvalue weighted by Gasteiger charge is 2.40. The van der Waals surface area contributed by atoms with E-state index in [9.17, 15) is 5.11 Å². The molecular weight excluding hydrogens is 288 g/mol. The summed E-state index contributed by atoms with van der Waals surface area (Å²) < 4.78 is 12.2. The van der Waals surface area contributed by atoms with Gasteiger partial charge in [-0.1, -0.05) is 36.9 Å². The molecule has 1 saturated carbocycles. The largest absolute Gasteiger partial charge is 0.490 e. The van der Waals surface area contributed by atoms with E-state index in [2.05, 4.69) is 0 Å². The van der Waals surface area contributed by atoms with Crippen LogP contribution in [0.15, 0.2) is 18.2 Å². The summed E-state index contributed by atoms with van der Waals surface area (Å²) in [5.74, 6) is 0.665. The summed E-state index contributed by atoms with van der Waals surface area (Å²) in [6.07, 6.45) is 8.69. The van der Waals surface area contributed by atoms with Gasteiger partial charge in [0.05, 0.1) is 18.3 Å². The van der Waals surface area contributed by atoms with Crippen LogP contribution in [0, 0.1) is 0 Å². The molecule has 1 atom stereocenters. The highest BCUT2D eigenvalue weighted by atomic mass is 35.5. The molecule has 1 N–H and O–H groups in total. The highest BCUT2D eigenvalue weighted by molar-refractivity contribution is 6.31. The Balaban J connectivity index is 1.58. The van der Waals surface area contributed by atoms with Gasteiger partial charge in [-0.3, -0.25) is 0 Å². The van der Waals surface area contributed by atoms with E-state index in [1.54, 1.807) is 6.07 Å². The molecule has 3 rings (SSSR count). The van der Waals surface area contributed by atoms with Crippen LogP contribution < -0.4 is 4.74 Å². The van der Waals surface area contributed by atoms with E-state index < -0.39 is 0 Å². The van der Waals surface area contributed by atoms with Crippen LogP contribution in [0.4, 0.5) is 0 Å². The van der Waals surface area contributed by atoms with Crippen molar-refractivity contribution in [2.24, 2.45) is 0 Å². The third-order valence-corrected chi connectivity index (χ3v) is 5.12. The molecule has 1 unspecified atom stereocenters. The van der Waals surface area contributed by atoms with Crippen LogP contribution in [0.1, 0.15) is 50.5 Å². The monoisotopic (exact) mass is 310 g/mol. The topological polar surface area (TPSA) is 38.7 Å². The highest BCUT2D eigenvalue weighted by Crippen LogP contribution is 2.42. The first-order valence-electron chi connectivity index (χ1n) is 7.91. The molecule has 1 spiro atoms. The van der Waals surface area contributed by atoms with Crippen LogP contribution in [0.25, 0.3) is 0 Å². The van der Waals surface area contributed by atoms with Crippen LogP contribution >= 0.6 is 11.6 Å². The molecule has 1 saturated heterocycles. The number of rotatable bonds is 4. The summed E-state index contributed by atoms with van der Waals surface area (Å²) in [5, 5.41) is 9.94. The standard InChI is InChI=1S/C17H23ClO3/c18-15-5-4-6-16(14(15)11-19)20-12-13-7-10-17(21-13)8-2-1-3-9-17/h4-6,13,19H,1-3,7-12H2. The summed E-state index contributed by atoms with van der Waals surface area (Å²) >= 11 is 6.07. The van der Waals surface area contributed by atoms with Gasteiger partial charge in [0.15, 0.2) is 0 Å². The average molecular weight is 311 g/mol. The maximum Gasteiger partial charge on any atom is 0.126 e. The fourth-order valence-corrected chi connectivity index (χ4v) is 3.81. The Bertz CT molecular complexity index is 483. The third-order valence-electron chi connectivity index (χ3n) is 4.76. The van der Waals surface area contributed by atoms with Crippen molar-refractivity contribution < 1.29 is 14.6 Å². The van der Waals surface area contributed by atoms with E-state index in [1.165, 1.54) is 32.1 Å². The van der Waals surface area contributed by atoms with E-state index in [4.69, 9.17) is 21.1 Å². The molecule has 21 heavy (non-hydrogen) atoms. The molecule has 3 nitrogen and oxygen atoms in total. The van der Waals surface area contributed by atoms with Gasteiger partial charge < -0.3 is 14.6 Å². The molecule has 2 fully saturated rings. The van der Waals surface area contributed by atoms with Crippen molar-refractivity contribution in [3.8, 4) is 5.75 Å². The number of hydrogen-bond acceptors (Lipinski definition) is 3. The van der Waals surface area contributed by atoms with Crippen molar-refractivity contribution in [2.45, 2.75) is 63.3 Å². The van der Waals surface area contributed by atoms with E-state index in [0.717, 1.165) is 12.8 Å². The Hall–Kier alpha value is -0.770. The number of aliphatic hydroxyl groups is 1. The summed E-state index contributed by atoms with van der Waals surface area (Å²) in [7, 11) is 0. The first-order chi connectivity index (χ1) is 10.2. The molecular formula is C17H23ClO3. The summed E-state index contributed by atoms with van der Waals surface area (Å²) in [5.41, 5.74) is 0.782. The molecule has 0 bridgehead atoms. The zero-order valence-electron chi connectivity index (χ0n) is 12.3. The van der Waals surface area contributed by atoms with Gasteiger partial charge in [-0.2, -0.15) is 0 Å². The predicted molar refractivity (Wildman–Crippen MR) is 82.8 cm³/mol. The zero-order chi connectivity index (χ0) is 14.7. The number of benzene rings is 1. The summed E-state index contributed by atoms with van der Waals surface area (Å²) in [4.78, 5) is 0.